The first-order valence-corrected chi connectivity index (χ1v) is 9.91. The van der Waals surface area contributed by atoms with Crippen LogP contribution in [-0.2, 0) is 17.7 Å². The minimum atomic E-state index is -1.23. The molecule has 2 N–H and O–H groups in total. The van der Waals surface area contributed by atoms with Gasteiger partial charge in [-0.2, -0.15) is 5.10 Å². The lowest BCUT2D eigenvalue weighted by atomic mass is 10.1. The van der Waals surface area contributed by atoms with E-state index < -0.39 is 17.8 Å². The van der Waals surface area contributed by atoms with Crippen molar-refractivity contribution in [3.8, 4) is 0 Å². The van der Waals surface area contributed by atoms with Gasteiger partial charge >= 0.3 is 11.9 Å². The molecule has 0 atom stereocenters. The molecule has 0 radical (unpaired) electrons. The lowest BCUT2D eigenvalue weighted by Crippen LogP contribution is -2.09. The maximum absolute atomic E-state index is 14.0. The number of nitrogens with zero attached hydrogens (tertiary/aromatic N) is 2. The van der Waals surface area contributed by atoms with Crippen molar-refractivity contribution in [3.63, 3.8) is 0 Å². The van der Waals surface area contributed by atoms with Crippen molar-refractivity contribution in [1.29, 1.82) is 0 Å². The van der Waals surface area contributed by atoms with E-state index in [4.69, 9.17) is 27.9 Å². The van der Waals surface area contributed by atoms with Crippen molar-refractivity contribution in [2.24, 2.45) is 0 Å². The summed E-state index contributed by atoms with van der Waals surface area (Å²) in [5.41, 5.74) is 1.37. The second-order valence-corrected chi connectivity index (χ2v) is 7.32. The van der Waals surface area contributed by atoms with E-state index in [0.29, 0.717) is 16.7 Å². The average Bonchev–Trinajstić information content (AvgIpc) is 3.06. The first-order chi connectivity index (χ1) is 14.8. The number of benzene rings is 2. The molecule has 0 aliphatic rings. The summed E-state index contributed by atoms with van der Waals surface area (Å²) in [7, 11) is 1.29. The van der Waals surface area contributed by atoms with Gasteiger partial charge in [-0.15, -0.1) is 0 Å². The second-order valence-electron chi connectivity index (χ2n) is 6.55. The molecule has 0 unspecified atom stereocenters. The number of aromatic carboxylic acids is 1. The Labute approximate surface area is 187 Å². The summed E-state index contributed by atoms with van der Waals surface area (Å²) in [4.78, 5) is 23.4. The highest BCUT2D eigenvalue weighted by Gasteiger charge is 2.22. The summed E-state index contributed by atoms with van der Waals surface area (Å²) in [5, 5.41) is 16.6. The van der Waals surface area contributed by atoms with E-state index in [-0.39, 0.29) is 41.1 Å². The fourth-order valence-electron chi connectivity index (χ4n) is 3.03. The molecule has 0 spiro atoms. The molecule has 0 saturated carbocycles. The van der Waals surface area contributed by atoms with Gasteiger partial charge in [0.25, 0.3) is 0 Å². The SMILES string of the molecule is COC(=O)c1cccc(Cn2nc(C(=O)O)c(CCNc3cccc(Cl)c3F)c2Cl)c1. The van der Waals surface area contributed by atoms with Crippen LogP contribution in [-0.4, -0.2) is 40.5 Å². The molecule has 7 nitrogen and oxygen atoms in total. The van der Waals surface area contributed by atoms with E-state index in [9.17, 15) is 19.1 Å². The molecule has 2 aromatic carbocycles. The Morgan fingerprint density at radius 3 is 2.68 bits per heavy atom. The molecule has 0 bridgehead atoms. The third-order valence-electron chi connectivity index (χ3n) is 4.51. The largest absolute Gasteiger partial charge is 0.476 e. The molecule has 0 saturated heterocycles. The van der Waals surface area contributed by atoms with Crippen LogP contribution in [0.4, 0.5) is 10.1 Å². The van der Waals surface area contributed by atoms with Crippen molar-refractivity contribution in [3.05, 3.63) is 80.8 Å². The fraction of sp³-hybridized carbons (Fsp3) is 0.190. The normalized spacial score (nSPS) is 10.7. The molecule has 3 aromatic rings. The van der Waals surface area contributed by atoms with Gasteiger partial charge in [0.2, 0.25) is 0 Å². The number of nitrogens with one attached hydrogen (secondary N) is 1. The van der Waals surface area contributed by atoms with Crippen molar-refractivity contribution in [1.82, 2.24) is 9.78 Å². The number of aromatic nitrogens is 2. The zero-order chi connectivity index (χ0) is 22.5. The van der Waals surface area contributed by atoms with Gasteiger partial charge in [-0.25, -0.2) is 18.7 Å². The third-order valence-corrected chi connectivity index (χ3v) is 5.22. The summed E-state index contributed by atoms with van der Waals surface area (Å²) < 4.78 is 20.1. The van der Waals surface area contributed by atoms with Gasteiger partial charge < -0.3 is 15.2 Å². The van der Waals surface area contributed by atoms with Crippen molar-refractivity contribution < 1.29 is 23.8 Å². The van der Waals surface area contributed by atoms with Crippen LogP contribution in [0.25, 0.3) is 0 Å². The predicted octanol–water partition coefficient (Wildman–Crippen LogP) is 4.52. The fourth-order valence-corrected chi connectivity index (χ4v) is 3.48. The number of hydrogen-bond acceptors (Lipinski definition) is 5. The van der Waals surface area contributed by atoms with E-state index in [0.717, 1.165) is 0 Å². The Kier molecular flexibility index (Phi) is 7.14. The van der Waals surface area contributed by atoms with Crippen LogP contribution in [0.5, 0.6) is 0 Å². The van der Waals surface area contributed by atoms with Crippen LogP contribution in [0.2, 0.25) is 10.2 Å². The van der Waals surface area contributed by atoms with Gasteiger partial charge in [0.05, 0.1) is 29.9 Å². The minimum Gasteiger partial charge on any atom is -0.476 e. The number of rotatable bonds is 8. The summed E-state index contributed by atoms with van der Waals surface area (Å²) in [5.74, 6) is -2.30. The first-order valence-electron chi connectivity index (χ1n) is 9.15. The summed E-state index contributed by atoms with van der Waals surface area (Å²) in [6.45, 7) is 0.362. The summed E-state index contributed by atoms with van der Waals surface area (Å²) in [6.07, 6.45) is 0.189. The van der Waals surface area contributed by atoms with E-state index in [2.05, 4.69) is 10.4 Å². The topological polar surface area (TPSA) is 93.5 Å². The highest BCUT2D eigenvalue weighted by atomic mass is 35.5. The number of anilines is 1. The molecule has 0 amide bonds. The molecule has 0 aliphatic carbocycles. The number of hydrogen-bond donors (Lipinski definition) is 2. The van der Waals surface area contributed by atoms with Gasteiger partial charge in [0.1, 0.15) is 5.15 Å². The van der Waals surface area contributed by atoms with Crippen LogP contribution in [0.15, 0.2) is 42.5 Å². The highest BCUT2D eigenvalue weighted by molar-refractivity contribution is 6.31. The second kappa shape index (κ2) is 9.80. The molecule has 10 heteroatoms. The van der Waals surface area contributed by atoms with E-state index >= 15 is 0 Å². The van der Waals surface area contributed by atoms with Crippen molar-refractivity contribution >= 4 is 40.8 Å². The lowest BCUT2D eigenvalue weighted by molar-refractivity contribution is 0.0599. The lowest BCUT2D eigenvalue weighted by Gasteiger charge is -2.09. The molecule has 1 heterocycles. The third kappa shape index (κ3) is 5.15. The minimum absolute atomic E-state index is 0.0173. The maximum Gasteiger partial charge on any atom is 0.356 e. The number of carboxylic acid groups (broad SMARTS) is 1. The van der Waals surface area contributed by atoms with Gasteiger partial charge in [0, 0.05) is 12.1 Å². The van der Waals surface area contributed by atoms with Gasteiger partial charge in [-0.3, -0.25) is 0 Å². The Bertz CT molecular complexity index is 1130. The monoisotopic (exact) mass is 465 g/mol. The number of halogens is 3. The number of carbonyl (C=O) groups is 2. The smallest absolute Gasteiger partial charge is 0.356 e. The van der Waals surface area contributed by atoms with Gasteiger partial charge in [-0.1, -0.05) is 41.4 Å². The molecule has 0 fully saturated rings. The van der Waals surface area contributed by atoms with Crippen LogP contribution in [0, 0.1) is 5.82 Å². The van der Waals surface area contributed by atoms with E-state index in [1.165, 1.54) is 23.9 Å². The van der Waals surface area contributed by atoms with Gasteiger partial charge in [-0.05, 0) is 36.2 Å². The van der Waals surface area contributed by atoms with Crippen LogP contribution in [0.1, 0.15) is 32.0 Å². The molecule has 31 heavy (non-hydrogen) atoms. The van der Waals surface area contributed by atoms with Crippen molar-refractivity contribution in [2.45, 2.75) is 13.0 Å². The van der Waals surface area contributed by atoms with E-state index in [1.54, 1.807) is 30.3 Å². The Morgan fingerprint density at radius 1 is 1.23 bits per heavy atom. The van der Waals surface area contributed by atoms with Crippen molar-refractivity contribution in [2.75, 3.05) is 19.0 Å². The number of carbonyl (C=O) groups excluding carboxylic acids is 1. The molecule has 0 aliphatic heterocycles. The molecule has 3 rings (SSSR count). The Hall–Kier alpha value is -3.10. The number of methoxy groups -OCH3 is 1. The van der Waals surface area contributed by atoms with Gasteiger partial charge in [0.15, 0.2) is 11.5 Å². The van der Waals surface area contributed by atoms with E-state index in [1.807, 2.05) is 0 Å². The molecular weight excluding hydrogens is 448 g/mol. The zero-order valence-electron chi connectivity index (χ0n) is 16.4. The molecule has 162 valence electrons. The average molecular weight is 466 g/mol. The predicted molar refractivity (Wildman–Crippen MR) is 115 cm³/mol. The quantitative estimate of drug-likeness (QED) is 0.475. The summed E-state index contributed by atoms with van der Waals surface area (Å²) in [6, 6.07) is 11.2. The summed E-state index contributed by atoms with van der Waals surface area (Å²) >= 11 is 12.2. The van der Waals surface area contributed by atoms with Crippen LogP contribution < -0.4 is 5.32 Å². The standard InChI is InChI=1S/C21H18Cl2FN3O4/c1-31-21(30)13-5-2-4-12(10-13)11-27-19(23)14(18(26-27)20(28)29)8-9-25-16-7-3-6-15(22)17(16)24/h2-7,10,25H,8-9,11H2,1H3,(H,28,29). The highest BCUT2D eigenvalue weighted by Crippen LogP contribution is 2.25. The zero-order valence-corrected chi connectivity index (χ0v) is 17.9. The van der Waals surface area contributed by atoms with Crippen LogP contribution in [0.3, 0.4) is 0 Å². The number of carboxylic acids is 1. The molecule has 1 aromatic heterocycles. The Morgan fingerprint density at radius 2 is 1.97 bits per heavy atom. The Balaban J connectivity index is 1.80. The maximum atomic E-state index is 14.0. The number of esters is 1. The molecular formula is C21H18Cl2FN3O4. The van der Waals surface area contributed by atoms with Crippen LogP contribution >= 0.6 is 23.2 Å². The number of ether oxygens (including phenoxy) is 1. The first kappa shape index (κ1) is 22.6.